The first-order valence-corrected chi connectivity index (χ1v) is 9.87. The Hall–Kier alpha value is -1.54. The van der Waals surface area contributed by atoms with E-state index in [1.807, 2.05) is 22.9 Å². The highest BCUT2D eigenvalue weighted by Crippen LogP contribution is 2.34. The number of nitrogens with one attached hydrogen (secondary N) is 1. The third kappa shape index (κ3) is 2.82. The number of hydrogen-bond acceptors (Lipinski definition) is 6. The van der Waals surface area contributed by atoms with E-state index in [4.69, 9.17) is 4.98 Å². The minimum Gasteiger partial charge on any atom is -0.309 e. The molecule has 0 saturated carbocycles. The van der Waals surface area contributed by atoms with Crippen LogP contribution in [-0.2, 0) is 0 Å². The Kier molecular flexibility index (Phi) is 4.26. The van der Waals surface area contributed by atoms with Crippen molar-refractivity contribution in [3.63, 3.8) is 0 Å². The van der Waals surface area contributed by atoms with Crippen LogP contribution in [0.1, 0.15) is 18.8 Å². The number of H-pyrrole nitrogens is 1. The molecule has 3 aromatic heterocycles. The van der Waals surface area contributed by atoms with Crippen LogP contribution in [0.5, 0.6) is 0 Å². The van der Waals surface area contributed by atoms with Gasteiger partial charge < -0.3 is 9.88 Å². The van der Waals surface area contributed by atoms with Crippen LogP contribution < -0.4 is 5.56 Å². The summed E-state index contributed by atoms with van der Waals surface area (Å²) < 4.78 is 0. The number of thiophene rings is 2. The standard InChI is InChI=1S/C17H20N4OS2/c1-11(21-7-5-20(2)6-8-21)15-18-16(22)14-12(10-24-17(14)19-15)13-4-3-9-23-13/h3-4,9-11H,5-8H2,1-2H3,(H,18,19,22)/t11-/m0/s1. The summed E-state index contributed by atoms with van der Waals surface area (Å²) in [6, 6.07) is 4.18. The summed E-state index contributed by atoms with van der Waals surface area (Å²) in [5.41, 5.74) is 0.971. The lowest BCUT2D eigenvalue weighted by atomic mass is 10.2. The molecule has 0 amide bonds. The number of hydrogen-bond donors (Lipinski definition) is 1. The van der Waals surface area contributed by atoms with Crippen LogP contribution in [0.2, 0.25) is 0 Å². The van der Waals surface area contributed by atoms with Crippen molar-refractivity contribution in [2.45, 2.75) is 13.0 Å². The largest absolute Gasteiger partial charge is 0.309 e. The van der Waals surface area contributed by atoms with E-state index in [0.29, 0.717) is 0 Å². The molecule has 0 aliphatic carbocycles. The third-order valence-corrected chi connectivity index (χ3v) is 6.51. The van der Waals surface area contributed by atoms with Crippen LogP contribution in [0.3, 0.4) is 0 Å². The summed E-state index contributed by atoms with van der Waals surface area (Å²) in [5.74, 6) is 0.775. The van der Waals surface area contributed by atoms with Crippen LogP contribution in [0.15, 0.2) is 27.7 Å². The molecule has 0 spiro atoms. The van der Waals surface area contributed by atoms with Gasteiger partial charge in [0.1, 0.15) is 10.7 Å². The first-order chi connectivity index (χ1) is 11.6. The van der Waals surface area contributed by atoms with Gasteiger partial charge in [0.25, 0.3) is 5.56 Å². The Morgan fingerprint density at radius 2 is 2.04 bits per heavy atom. The topological polar surface area (TPSA) is 52.2 Å². The Labute approximate surface area is 148 Å². The maximum Gasteiger partial charge on any atom is 0.260 e. The average molecular weight is 361 g/mol. The highest BCUT2D eigenvalue weighted by Gasteiger charge is 2.23. The smallest absolute Gasteiger partial charge is 0.260 e. The molecule has 1 fully saturated rings. The molecule has 0 aromatic carbocycles. The molecule has 0 radical (unpaired) electrons. The lowest BCUT2D eigenvalue weighted by Crippen LogP contribution is -2.45. The van der Waals surface area contributed by atoms with Crippen molar-refractivity contribution in [3.8, 4) is 10.4 Å². The highest BCUT2D eigenvalue weighted by atomic mass is 32.1. The van der Waals surface area contributed by atoms with Crippen molar-refractivity contribution in [1.29, 1.82) is 0 Å². The molecule has 1 N–H and O–H groups in total. The monoisotopic (exact) mass is 360 g/mol. The number of aromatic amines is 1. The van der Waals surface area contributed by atoms with E-state index < -0.39 is 0 Å². The molecule has 4 rings (SSSR count). The Morgan fingerprint density at radius 1 is 1.25 bits per heavy atom. The lowest BCUT2D eigenvalue weighted by Gasteiger charge is -2.35. The van der Waals surface area contributed by atoms with Gasteiger partial charge in [-0.25, -0.2) is 4.98 Å². The molecule has 4 heterocycles. The van der Waals surface area contributed by atoms with Gasteiger partial charge in [-0.2, -0.15) is 0 Å². The average Bonchev–Trinajstić information content (AvgIpc) is 3.24. The molecule has 3 aromatic rings. The van der Waals surface area contributed by atoms with E-state index in [1.165, 1.54) is 0 Å². The van der Waals surface area contributed by atoms with Crippen LogP contribution in [0.4, 0.5) is 0 Å². The fraction of sp³-hybridized carbons (Fsp3) is 0.412. The van der Waals surface area contributed by atoms with Crippen LogP contribution in [0, 0.1) is 0 Å². The molecule has 0 bridgehead atoms. The van der Waals surface area contributed by atoms with Gasteiger partial charge in [0, 0.05) is 42.0 Å². The van der Waals surface area contributed by atoms with Gasteiger partial charge in [0.2, 0.25) is 0 Å². The maximum atomic E-state index is 12.7. The Morgan fingerprint density at radius 3 is 2.75 bits per heavy atom. The number of aromatic nitrogens is 2. The van der Waals surface area contributed by atoms with Gasteiger partial charge in [-0.05, 0) is 25.4 Å². The number of fused-ring (bicyclic) bond motifs is 1. The summed E-state index contributed by atoms with van der Waals surface area (Å²) in [5, 5.41) is 4.80. The third-order valence-electron chi connectivity index (χ3n) is 4.73. The highest BCUT2D eigenvalue weighted by molar-refractivity contribution is 7.18. The fourth-order valence-corrected chi connectivity index (χ4v) is 4.93. The quantitative estimate of drug-likeness (QED) is 0.780. The van der Waals surface area contributed by atoms with E-state index in [-0.39, 0.29) is 11.6 Å². The van der Waals surface area contributed by atoms with Crippen molar-refractivity contribution >= 4 is 32.9 Å². The molecule has 5 nitrogen and oxygen atoms in total. The molecule has 1 aliphatic heterocycles. The molecule has 1 atom stereocenters. The first-order valence-electron chi connectivity index (χ1n) is 8.11. The van der Waals surface area contributed by atoms with Crippen molar-refractivity contribution in [2.24, 2.45) is 0 Å². The van der Waals surface area contributed by atoms with Crippen LogP contribution >= 0.6 is 22.7 Å². The van der Waals surface area contributed by atoms with Crippen LogP contribution in [0.25, 0.3) is 20.7 Å². The number of nitrogens with zero attached hydrogens (tertiary/aromatic N) is 3. The maximum absolute atomic E-state index is 12.7. The summed E-state index contributed by atoms with van der Waals surface area (Å²) in [7, 11) is 2.14. The zero-order valence-electron chi connectivity index (χ0n) is 13.8. The van der Waals surface area contributed by atoms with Crippen molar-refractivity contribution < 1.29 is 0 Å². The summed E-state index contributed by atoms with van der Waals surface area (Å²) in [6.45, 7) is 6.24. The molecular weight excluding hydrogens is 340 g/mol. The molecule has 0 unspecified atom stereocenters. The molecule has 1 saturated heterocycles. The zero-order valence-corrected chi connectivity index (χ0v) is 15.4. The second kappa shape index (κ2) is 6.40. The molecule has 126 valence electrons. The summed E-state index contributed by atoms with van der Waals surface area (Å²) in [6.07, 6.45) is 0. The predicted molar refractivity (Wildman–Crippen MR) is 101 cm³/mol. The van der Waals surface area contributed by atoms with Crippen molar-refractivity contribution in [3.05, 3.63) is 39.1 Å². The second-order valence-electron chi connectivity index (χ2n) is 6.27. The van der Waals surface area contributed by atoms with Crippen molar-refractivity contribution in [2.75, 3.05) is 33.2 Å². The van der Waals surface area contributed by atoms with Gasteiger partial charge in [-0.15, -0.1) is 22.7 Å². The number of piperazine rings is 1. The SMILES string of the molecule is C[C@@H](c1nc2scc(-c3cccs3)c2c(=O)[nH]1)N1CCN(C)CC1. The van der Waals surface area contributed by atoms with Gasteiger partial charge in [-0.1, -0.05) is 6.07 Å². The lowest BCUT2D eigenvalue weighted by molar-refractivity contribution is 0.115. The molecular formula is C17H20N4OS2. The van der Waals surface area contributed by atoms with E-state index >= 15 is 0 Å². The fourth-order valence-electron chi connectivity index (χ4n) is 3.16. The van der Waals surface area contributed by atoms with E-state index in [1.54, 1.807) is 22.7 Å². The van der Waals surface area contributed by atoms with Gasteiger partial charge in [-0.3, -0.25) is 9.69 Å². The van der Waals surface area contributed by atoms with Gasteiger partial charge >= 0.3 is 0 Å². The second-order valence-corrected chi connectivity index (χ2v) is 8.08. The zero-order chi connectivity index (χ0) is 16.7. The first kappa shape index (κ1) is 16.0. The van der Waals surface area contributed by atoms with E-state index in [2.05, 4.69) is 28.8 Å². The summed E-state index contributed by atoms with van der Waals surface area (Å²) >= 11 is 3.20. The molecule has 7 heteroatoms. The normalized spacial score (nSPS) is 18.2. The Bertz CT molecular complexity index is 891. The van der Waals surface area contributed by atoms with E-state index in [9.17, 15) is 4.79 Å². The predicted octanol–water partition coefficient (Wildman–Crippen LogP) is 3.02. The molecule has 1 aliphatic rings. The van der Waals surface area contributed by atoms with Crippen LogP contribution in [-0.4, -0.2) is 53.0 Å². The summed E-state index contributed by atoms with van der Waals surface area (Å²) in [4.78, 5) is 27.2. The van der Waals surface area contributed by atoms with E-state index in [0.717, 1.165) is 52.7 Å². The molecule has 24 heavy (non-hydrogen) atoms. The number of likely N-dealkylation sites (N-methyl/N-ethyl adjacent to an activating group) is 1. The Balaban J connectivity index is 1.70. The number of rotatable bonds is 3. The van der Waals surface area contributed by atoms with Gasteiger partial charge in [0.15, 0.2) is 0 Å². The van der Waals surface area contributed by atoms with Crippen molar-refractivity contribution in [1.82, 2.24) is 19.8 Å². The minimum atomic E-state index is -0.0272. The van der Waals surface area contributed by atoms with Gasteiger partial charge in [0.05, 0.1) is 11.4 Å². The minimum absolute atomic E-state index is 0.0272.